The minimum Gasteiger partial charge on any atom is -0.478 e. The molecule has 0 amide bonds. The van der Waals surface area contributed by atoms with E-state index in [1.165, 1.54) is 0 Å². The van der Waals surface area contributed by atoms with Crippen molar-refractivity contribution in [2.45, 2.75) is 13.8 Å². The highest BCUT2D eigenvalue weighted by Gasteiger charge is 2.20. The molecule has 16 heavy (non-hydrogen) atoms. The molecule has 0 unspecified atom stereocenters. The molecule has 0 spiro atoms. The van der Waals surface area contributed by atoms with Crippen LogP contribution in [0.4, 0.5) is 0 Å². The van der Waals surface area contributed by atoms with Crippen molar-refractivity contribution in [1.82, 2.24) is 9.38 Å². The number of aromatic carboxylic acids is 1. The molecule has 0 fully saturated rings. The number of hydrogen-bond acceptors (Lipinski definition) is 2. The molecular weight excluding hydrogens is 204 g/mol. The zero-order chi connectivity index (χ0) is 11.4. The van der Waals surface area contributed by atoms with E-state index in [0.717, 1.165) is 27.9 Å². The maximum atomic E-state index is 11.2. The van der Waals surface area contributed by atoms with Crippen molar-refractivity contribution < 1.29 is 9.90 Å². The van der Waals surface area contributed by atoms with Crippen molar-refractivity contribution in [2.24, 2.45) is 0 Å². The molecule has 0 saturated heterocycles. The first-order chi connectivity index (χ1) is 7.59. The van der Waals surface area contributed by atoms with Gasteiger partial charge in [0.25, 0.3) is 0 Å². The number of carboxylic acids is 1. The van der Waals surface area contributed by atoms with Gasteiger partial charge in [0, 0.05) is 5.69 Å². The summed E-state index contributed by atoms with van der Waals surface area (Å²) < 4.78 is 1.89. The third-order valence-corrected chi connectivity index (χ3v) is 2.97. The van der Waals surface area contributed by atoms with Gasteiger partial charge in [0.1, 0.15) is 5.65 Å². The molecule has 3 aromatic rings. The molecule has 0 aliphatic carbocycles. The fraction of sp³-hybridized carbons (Fsp3) is 0.167. The van der Waals surface area contributed by atoms with Crippen LogP contribution in [0.5, 0.6) is 0 Å². The Morgan fingerprint density at radius 2 is 2.06 bits per heavy atom. The molecule has 0 aliphatic heterocycles. The van der Waals surface area contributed by atoms with Crippen molar-refractivity contribution >= 4 is 22.6 Å². The van der Waals surface area contributed by atoms with Gasteiger partial charge in [0.05, 0.1) is 16.6 Å². The third kappa shape index (κ3) is 0.934. The number of aromatic nitrogens is 2. The summed E-state index contributed by atoms with van der Waals surface area (Å²) in [6.45, 7) is 3.71. The van der Waals surface area contributed by atoms with Gasteiger partial charge in [-0.1, -0.05) is 0 Å². The summed E-state index contributed by atoms with van der Waals surface area (Å²) >= 11 is 0. The van der Waals surface area contributed by atoms with Crippen LogP contribution in [0.2, 0.25) is 0 Å². The predicted octanol–water partition coefficient (Wildman–Crippen LogP) is 2.24. The molecule has 0 atom stereocenters. The van der Waals surface area contributed by atoms with E-state index in [0.29, 0.717) is 5.56 Å². The molecule has 1 N–H and O–H groups in total. The van der Waals surface area contributed by atoms with Gasteiger partial charge < -0.3 is 5.11 Å². The van der Waals surface area contributed by atoms with E-state index in [1.807, 2.05) is 36.4 Å². The number of carbonyl (C=O) groups is 1. The maximum Gasteiger partial charge on any atom is 0.338 e. The number of carboxylic acid groups (broad SMARTS) is 1. The number of aryl methyl sites for hydroxylation is 2. The second-order valence-electron chi connectivity index (χ2n) is 4.00. The molecule has 4 nitrogen and oxygen atoms in total. The quantitative estimate of drug-likeness (QED) is 0.675. The van der Waals surface area contributed by atoms with E-state index in [9.17, 15) is 9.90 Å². The first-order valence-corrected chi connectivity index (χ1v) is 5.03. The molecule has 0 aromatic carbocycles. The van der Waals surface area contributed by atoms with Crippen LogP contribution in [0.15, 0.2) is 18.2 Å². The van der Waals surface area contributed by atoms with E-state index in [-0.39, 0.29) is 0 Å². The van der Waals surface area contributed by atoms with Crippen LogP contribution >= 0.6 is 0 Å². The van der Waals surface area contributed by atoms with Crippen LogP contribution in [0.3, 0.4) is 0 Å². The minimum absolute atomic E-state index is 0.381. The van der Waals surface area contributed by atoms with Gasteiger partial charge >= 0.3 is 5.97 Å². The summed E-state index contributed by atoms with van der Waals surface area (Å²) in [6, 6.07) is 5.64. The number of hydrogen-bond donors (Lipinski definition) is 1. The Bertz CT molecular complexity index is 712. The zero-order valence-electron chi connectivity index (χ0n) is 8.98. The summed E-state index contributed by atoms with van der Waals surface area (Å²) in [5, 5.41) is 9.23. The second kappa shape index (κ2) is 2.72. The second-order valence-corrected chi connectivity index (χ2v) is 4.00. The van der Waals surface area contributed by atoms with Crippen LogP contribution in [0.1, 0.15) is 21.6 Å². The van der Waals surface area contributed by atoms with Gasteiger partial charge in [-0.05, 0) is 37.6 Å². The summed E-state index contributed by atoms with van der Waals surface area (Å²) in [4.78, 5) is 15.6. The van der Waals surface area contributed by atoms with Crippen LogP contribution in [0, 0.1) is 13.8 Å². The smallest absolute Gasteiger partial charge is 0.338 e. The van der Waals surface area contributed by atoms with Gasteiger partial charge in [-0.25, -0.2) is 9.78 Å². The van der Waals surface area contributed by atoms with Gasteiger partial charge in [-0.3, -0.25) is 4.40 Å². The Balaban J connectivity index is 2.64. The zero-order valence-corrected chi connectivity index (χ0v) is 8.98. The first-order valence-electron chi connectivity index (χ1n) is 5.03. The highest BCUT2D eigenvalue weighted by atomic mass is 16.4. The SMILES string of the molecule is Cc1cc2c(C(=O)O)c(C)c3ccc(n1)n32. The van der Waals surface area contributed by atoms with Crippen molar-refractivity contribution in [3.05, 3.63) is 35.0 Å². The largest absolute Gasteiger partial charge is 0.478 e. The molecule has 3 rings (SSSR count). The van der Waals surface area contributed by atoms with E-state index < -0.39 is 5.97 Å². The standard InChI is InChI=1S/C12H10N2O2/c1-6-5-9-11(12(15)16)7(2)8-3-4-10(13-6)14(8)9/h3-5H,1-2H3,(H,15,16). The normalized spacial score (nSPS) is 11.6. The van der Waals surface area contributed by atoms with Crippen LogP contribution < -0.4 is 0 Å². The lowest BCUT2D eigenvalue weighted by Gasteiger charge is -1.99. The summed E-state index contributed by atoms with van der Waals surface area (Å²) in [5.41, 5.74) is 4.48. The molecule has 4 heteroatoms. The Morgan fingerprint density at radius 3 is 2.75 bits per heavy atom. The molecule has 0 bridgehead atoms. The van der Waals surface area contributed by atoms with Gasteiger partial charge in [0.15, 0.2) is 0 Å². The molecule has 3 aromatic heterocycles. The molecule has 80 valence electrons. The van der Waals surface area contributed by atoms with E-state index >= 15 is 0 Å². The molecular formula is C12H10N2O2. The van der Waals surface area contributed by atoms with Gasteiger partial charge in [-0.2, -0.15) is 0 Å². The molecule has 0 saturated carbocycles. The van der Waals surface area contributed by atoms with Gasteiger partial charge in [0.2, 0.25) is 0 Å². The lowest BCUT2D eigenvalue weighted by molar-refractivity contribution is 0.0698. The lowest BCUT2D eigenvalue weighted by atomic mass is 10.1. The highest BCUT2D eigenvalue weighted by Crippen LogP contribution is 2.28. The lowest BCUT2D eigenvalue weighted by Crippen LogP contribution is -1.98. The molecule has 3 heterocycles. The van der Waals surface area contributed by atoms with Crippen molar-refractivity contribution in [2.75, 3.05) is 0 Å². The fourth-order valence-electron chi connectivity index (χ4n) is 2.31. The molecule has 0 radical (unpaired) electrons. The minimum atomic E-state index is -0.881. The topological polar surface area (TPSA) is 54.6 Å². The Hall–Kier alpha value is -2.10. The van der Waals surface area contributed by atoms with Crippen LogP contribution in [-0.2, 0) is 0 Å². The van der Waals surface area contributed by atoms with E-state index in [1.54, 1.807) is 0 Å². The average molecular weight is 214 g/mol. The number of nitrogens with zero attached hydrogens (tertiary/aromatic N) is 2. The van der Waals surface area contributed by atoms with E-state index in [4.69, 9.17) is 0 Å². The van der Waals surface area contributed by atoms with Crippen molar-refractivity contribution in [3.8, 4) is 0 Å². The third-order valence-electron chi connectivity index (χ3n) is 2.97. The highest BCUT2D eigenvalue weighted by molar-refractivity contribution is 6.02. The fourth-order valence-corrected chi connectivity index (χ4v) is 2.31. The monoisotopic (exact) mass is 214 g/mol. The maximum absolute atomic E-state index is 11.2. The van der Waals surface area contributed by atoms with Crippen LogP contribution in [-0.4, -0.2) is 20.5 Å². The summed E-state index contributed by atoms with van der Waals surface area (Å²) in [6.07, 6.45) is 0. The predicted molar refractivity (Wildman–Crippen MR) is 60.3 cm³/mol. The van der Waals surface area contributed by atoms with Gasteiger partial charge in [-0.15, -0.1) is 0 Å². The first kappa shape index (κ1) is 9.15. The Labute approximate surface area is 91.5 Å². The van der Waals surface area contributed by atoms with Crippen molar-refractivity contribution in [1.29, 1.82) is 0 Å². The molecule has 0 aliphatic rings. The Kier molecular flexibility index (Phi) is 1.56. The summed E-state index contributed by atoms with van der Waals surface area (Å²) in [5.74, 6) is -0.881. The Morgan fingerprint density at radius 1 is 1.31 bits per heavy atom. The summed E-state index contributed by atoms with van der Waals surface area (Å²) in [7, 11) is 0. The average Bonchev–Trinajstić information content (AvgIpc) is 2.70. The van der Waals surface area contributed by atoms with Crippen molar-refractivity contribution in [3.63, 3.8) is 0 Å². The van der Waals surface area contributed by atoms with Crippen LogP contribution in [0.25, 0.3) is 16.7 Å². The van der Waals surface area contributed by atoms with E-state index in [2.05, 4.69) is 4.98 Å². The number of rotatable bonds is 1.